The van der Waals surface area contributed by atoms with Crippen LogP contribution in [-0.2, 0) is 0 Å². The number of hydrogen-bond acceptors (Lipinski definition) is 0. The van der Waals surface area contributed by atoms with Gasteiger partial charge in [0.2, 0.25) is 0 Å². The van der Waals surface area contributed by atoms with Crippen LogP contribution in [0.3, 0.4) is 0 Å². The van der Waals surface area contributed by atoms with Gasteiger partial charge in [-0.25, -0.2) is 48.3 Å². The van der Waals surface area contributed by atoms with Gasteiger partial charge in [0.25, 0.3) is 0 Å². The van der Waals surface area contributed by atoms with Crippen LogP contribution in [-0.4, -0.2) is 0 Å². The van der Waals surface area contributed by atoms with E-state index in [0.29, 0.717) is 0 Å². The van der Waals surface area contributed by atoms with E-state index in [2.05, 4.69) is 0 Å². The SMILES string of the molecule is Fc1cc(-c2c(F)c(F)c3c(F)c(F)c(F)c(F)c3c2F)c(F)c(F)c1F. The van der Waals surface area contributed by atoms with Crippen molar-refractivity contribution < 1.29 is 48.3 Å². The molecule has 0 N–H and O–H groups in total. The zero-order valence-electron chi connectivity index (χ0n) is 12.2. The number of rotatable bonds is 1. The lowest BCUT2D eigenvalue weighted by Gasteiger charge is -2.13. The van der Waals surface area contributed by atoms with E-state index in [4.69, 9.17) is 0 Å². The highest BCUT2D eigenvalue weighted by Crippen LogP contribution is 2.40. The third kappa shape index (κ3) is 2.44. The Balaban J connectivity index is 2.59. The van der Waals surface area contributed by atoms with Crippen LogP contribution in [0.1, 0.15) is 0 Å². The second-order valence-electron chi connectivity index (χ2n) is 5.17. The summed E-state index contributed by atoms with van der Waals surface area (Å²) in [6.07, 6.45) is 0. The van der Waals surface area contributed by atoms with Gasteiger partial charge in [-0.05, 0) is 6.07 Å². The number of fused-ring (bicyclic) bond motifs is 1. The first-order valence-electron chi connectivity index (χ1n) is 6.66. The summed E-state index contributed by atoms with van der Waals surface area (Å²) in [6, 6.07) is -0.283. The molecule has 142 valence electrons. The molecule has 0 aliphatic rings. The van der Waals surface area contributed by atoms with Crippen LogP contribution < -0.4 is 0 Å². The summed E-state index contributed by atoms with van der Waals surface area (Å²) in [4.78, 5) is 0. The minimum Gasteiger partial charge on any atom is -0.205 e. The standard InChI is InChI=1S/C16HF11/c17-3-1-2(7(18)14(25)8(3)19)4-9(20)5-6(11(22)10(4)21)13(24)16(27)15(26)12(5)23/h1H. The van der Waals surface area contributed by atoms with Crippen molar-refractivity contribution in [2.75, 3.05) is 0 Å². The number of hydrogen-bond donors (Lipinski definition) is 0. The molecule has 3 aromatic carbocycles. The first-order chi connectivity index (χ1) is 12.5. The molecule has 0 radical (unpaired) electrons. The summed E-state index contributed by atoms with van der Waals surface area (Å²) in [5.41, 5.74) is -3.73. The van der Waals surface area contributed by atoms with Crippen LogP contribution >= 0.6 is 0 Å². The molecule has 0 heterocycles. The molecule has 11 heteroatoms. The Hall–Kier alpha value is -2.85. The van der Waals surface area contributed by atoms with Crippen molar-refractivity contribution in [3.05, 3.63) is 70.1 Å². The smallest absolute Gasteiger partial charge is 0.198 e. The quantitative estimate of drug-likeness (QED) is 0.265. The van der Waals surface area contributed by atoms with E-state index in [9.17, 15) is 48.3 Å². The van der Waals surface area contributed by atoms with Crippen molar-refractivity contribution in [3.63, 3.8) is 0 Å². The second kappa shape index (κ2) is 6.10. The van der Waals surface area contributed by atoms with E-state index in [1.165, 1.54) is 0 Å². The first kappa shape index (κ1) is 18.9. The van der Waals surface area contributed by atoms with E-state index < -0.39 is 85.9 Å². The van der Waals surface area contributed by atoms with E-state index in [1.807, 2.05) is 0 Å². The van der Waals surface area contributed by atoms with Crippen molar-refractivity contribution in [3.8, 4) is 11.1 Å². The molecule has 3 rings (SSSR count). The average molecular weight is 402 g/mol. The van der Waals surface area contributed by atoms with Crippen molar-refractivity contribution in [1.82, 2.24) is 0 Å². The van der Waals surface area contributed by atoms with Crippen LogP contribution in [0.2, 0.25) is 0 Å². The molecule has 0 unspecified atom stereocenters. The molecule has 0 aliphatic carbocycles. The molecule has 0 saturated carbocycles. The highest BCUT2D eigenvalue weighted by atomic mass is 19.2. The Bertz CT molecular complexity index is 1130. The van der Waals surface area contributed by atoms with Gasteiger partial charge in [0.05, 0.1) is 16.3 Å². The summed E-state index contributed by atoms with van der Waals surface area (Å²) in [5.74, 6) is -27.1. The molecule has 0 bridgehead atoms. The van der Waals surface area contributed by atoms with E-state index in [0.717, 1.165) is 0 Å². The Morgan fingerprint density at radius 2 is 0.778 bits per heavy atom. The van der Waals surface area contributed by atoms with Crippen LogP contribution in [0.5, 0.6) is 0 Å². The molecule has 0 aromatic heterocycles. The fraction of sp³-hybridized carbons (Fsp3) is 0. The second-order valence-corrected chi connectivity index (χ2v) is 5.17. The maximum Gasteiger partial charge on any atom is 0.198 e. The Labute approximate surface area is 141 Å². The lowest BCUT2D eigenvalue weighted by Crippen LogP contribution is -2.08. The maximum absolute atomic E-state index is 14.5. The zero-order chi connectivity index (χ0) is 20.4. The number of halogens is 11. The molecule has 0 spiro atoms. The van der Waals surface area contributed by atoms with Crippen molar-refractivity contribution in [2.24, 2.45) is 0 Å². The minimum atomic E-state index is -2.60. The van der Waals surface area contributed by atoms with Crippen LogP contribution in [0, 0.1) is 64.0 Å². The van der Waals surface area contributed by atoms with Gasteiger partial charge in [-0.2, -0.15) is 0 Å². The monoisotopic (exact) mass is 402 g/mol. The van der Waals surface area contributed by atoms with Crippen LogP contribution in [0.4, 0.5) is 48.3 Å². The molecule has 0 nitrogen and oxygen atoms in total. The summed E-state index contributed by atoms with van der Waals surface area (Å²) in [7, 11) is 0. The zero-order valence-corrected chi connectivity index (χ0v) is 12.2. The fourth-order valence-corrected chi connectivity index (χ4v) is 2.48. The largest absolute Gasteiger partial charge is 0.205 e. The summed E-state index contributed by atoms with van der Waals surface area (Å²) >= 11 is 0. The third-order valence-electron chi connectivity index (χ3n) is 3.71. The lowest BCUT2D eigenvalue weighted by atomic mass is 9.97. The van der Waals surface area contributed by atoms with Gasteiger partial charge in [0, 0.05) is 5.56 Å². The maximum atomic E-state index is 14.5. The van der Waals surface area contributed by atoms with Gasteiger partial charge in [-0.1, -0.05) is 0 Å². The molecular weight excluding hydrogens is 401 g/mol. The van der Waals surface area contributed by atoms with Crippen LogP contribution in [0.15, 0.2) is 6.07 Å². The average Bonchev–Trinajstić information content (AvgIpc) is 2.63. The van der Waals surface area contributed by atoms with E-state index >= 15 is 0 Å². The fourth-order valence-electron chi connectivity index (χ4n) is 2.48. The van der Waals surface area contributed by atoms with Crippen LogP contribution in [0.25, 0.3) is 21.9 Å². The summed E-state index contributed by atoms with van der Waals surface area (Å²) in [6.45, 7) is 0. The Kier molecular flexibility index (Phi) is 4.28. The predicted octanol–water partition coefficient (Wildman–Crippen LogP) is 6.04. The molecular formula is C16HF11. The molecule has 0 saturated heterocycles. The lowest BCUT2D eigenvalue weighted by molar-refractivity contribution is 0.408. The summed E-state index contributed by atoms with van der Waals surface area (Å²) in [5, 5.41) is -3.97. The van der Waals surface area contributed by atoms with Gasteiger partial charge < -0.3 is 0 Å². The molecule has 0 aliphatic heterocycles. The van der Waals surface area contributed by atoms with Crippen molar-refractivity contribution in [1.29, 1.82) is 0 Å². The minimum absolute atomic E-state index is 0.283. The molecule has 3 aromatic rings. The van der Waals surface area contributed by atoms with Gasteiger partial charge in [0.1, 0.15) is 5.82 Å². The van der Waals surface area contributed by atoms with E-state index in [-0.39, 0.29) is 6.07 Å². The van der Waals surface area contributed by atoms with Gasteiger partial charge in [-0.15, -0.1) is 0 Å². The molecule has 27 heavy (non-hydrogen) atoms. The Morgan fingerprint density at radius 3 is 1.30 bits per heavy atom. The summed E-state index contributed by atoms with van der Waals surface area (Å²) < 4.78 is 150. The topological polar surface area (TPSA) is 0 Å². The van der Waals surface area contributed by atoms with Gasteiger partial charge in [-0.3, -0.25) is 0 Å². The molecule has 0 fully saturated rings. The normalized spacial score (nSPS) is 11.5. The Morgan fingerprint density at radius 1 is 0.370 bits per heavy atom. The first-order valence-corrected chi connectivity index (χ1v) is 6.66. The van der Waals surface area contributed by atoms with Crippen molar-refractivity contribution in [2.45, 2.75) is 0 Å². The third-order valence-corrected chi connectivity index (χ3v) is 3.71. The highest BCUT2D eigenvalue weighted by molar-refractivity contribution is 5.90. The number of benzene rings is 3. The van der Waals surface area contributed by atoms with E-state index in [1.54, 1.807) is 0 Å². The molecule has 0 amide bonds. The van der Waals surface area contributed by atoms with Gasteiger partial charge >= 0.3 is 0 Å². The van der Waals surface area contributed by atoms with Gasteiger partial charge in [0.15, 0.2) is 58.2 Å². The highest BCUT2D eigenvalue weighted by Gasteiger charge is 2.33. The predicted molar refractivity (Wildman–Crippen MR) is 68.9 cm³/mol. The van der Waals surface area contributed by atoms with Crippen molar-refractivity contribution >= 4 is 10.8 Å². The molecule has 0 atom stereocenters.